The fraction of sp³-hybridized carbons (Fsp3) is 0.944. The first-order chi connectivity index (χ1) is 9.97. The lowest BCUT2D eigenvalue weighted by atomic mass is 10.1. The Balaban J connectivity index is 0. The molecule has 0 saturated carbocycles. The summed E-state index contributed by atoms with van der Waals surface area (Å²) in [6, 6.07) is 0. The van der Waals surface area contributed by atoms with Crippen LogP contribution in [0, 0.1) is 0 Å². The van der Waals surface area contributed by atoms with Crippen LogP contribution in [0.25, 0.3) is 0 Å². The minimum Gasteiger partial charge on any atom is -0.463 e. The van der Waals surface area contributed by atoms with E-state index in [1.54, 1.807) is 0 Å². The third-order valence-corrected chi connectivity index (χ3v) is 3.22. The highest BCUT2D eigenvalue weighted by molar-refractivity contribution is 5.69. The van der Waals surface area contributed by atoms with Crippen LogP contribution in [-0.4, -0.2) is 23.3 Å². The molecule has 1 N–H and O–H groups in total. The molecule has 0 heterocycles. The van der Waals surface area contributed by atoms with Gasteiger partial charge in [0.15, 0.2) is 0 Å². The number of hydrogen-bond acceptors (Lipinski definition) is 3. The second kappa shape index (κ2) is 17.5. The first-order valence-electron chi connectivity index (χ1n) is 8.85. The van der Waals surface area contributed by atoms with E-state index in [9.17, 15) is 4.79 Å². The zero-order chi connectivity index (χ0) is 16.5. The van der Waals surface area contributed by atoms with Gasteiger partial charge in [0.05, 0.1) is 12.2 Å². The molecular formula is C18H38O3. The molecule has 0 aromatic heterocycles. The molecule has 0 amide bonds. The normalized spacial score (nSPS) is 13.0. The highest BCUT2D eigenvalue weighted by Gasteiger charge is 2.07. The van der Waals surface area contributed by atoms with Crippen LogP contribution in [0.4, 0.5) is 0 Å². The molecule has 0 rings (SSSR count). The van der Waals surface area contributed by atoms with Crippen molar-refractivity contribution >= 4 is 5.97 Å². The van der Waals surface area contributed by atoms with Crippen LogP contribution in [-0.2, 0) is 9.53 Å². The average Bonchev–Trinajstić information content (AvgIpc) is 2.39. The molecule has 128 valence electrons. The quantitative estimate of drug-likeness (QED) is 0.419. The molecule has 0 unspecified atom stereocenters. The molecule has 0 saturated heterocycles. The molecule has 0 aromatic carbocycles. The summed E-state index contributed by atoms with van der Waals surface area (Å²) in [5.41, 5.74) is 0. The van der Waals surface area contributed by atoms with E-state index in [-0.39, 0.29) is 18.2 Å². The van der Waals surface area contributed by atoms with Crippen molar-refractivity contribution in [1.29, 1.82) is 0 Å². The number of rotatable bonds is 11. The monoisotopic (exact) mass is 302 g/mol. The minimum atomic E-state index is -0.102. The highest BCUT2D eigenvalue weighted by atomic mass is 16.5. The highest BCUT2D eigenvalue weighted by Crippen LogP contribution is 2.08. The van der Waals surface area contributed by atoms with Gasteiger partial charge in [-0.2, -0.15) is 0 Å². The number of aliphatic hydroxyl groups excluding tert-OH is 1. The minimum absolute atomic E-state index is 0.0209. The van der Waals surface area contributed by atoms with Crippen molar-refractivity contribution in [2.75, 3.05) is 0 Å². The molecule has 3 heteroatoms. The van der Waals surface area contributed by atoms with E-state index < -0.39 is 0 Å². The van der Waals surface area contributed by atoms with Crippen LogP contribution >= 0.6 is 0 Å². The SMILES string of the molecule is CCCCCCCC(=O)O[C@H](C)CCC.CCC[C@@H](C)O. The van der Waals surface area contributed by atoms with Crippen LogP contribution < -0.4 is 0 Å². The Hall–Kier alpha value is -0.570. The number of unbranched alkanes of at least 4 members (excludes halogenated alkanes) is 4. The molecule has 21 heavy (non-hydrogen) atoms. The summed E-state index contributed by atoms with van der Waals surface area (Å²) in [5.74, 6) is -0.0209. The summed E-state index contributed by atoms with van der Waals surface area (Å²) in [7, 11) is 0. The summed E-state index contributed by atoms with van der Waals surface area (Å²) < 4.78 is 5.26. The number of carbonyl (C=O) groups is 1. The Labute approximate surface area is 132 Å². The van der Waals surface area contributed by atoms with E-state index in [4.69, 9.17) is 9.84 Å². The molecule has 2 atom stereocenters. The van der Waals surface area contributed by atoms with E-state index in [1.165, 1.54) is 19.3 Å². The van der Waals surface area contributed by atoms with Crippen LogP contribution in [0.2, 0.25) is 0 Å². The van der Waals surface area contributed by atoms with Crippen LogP contribution in [0.1, 0.15) is 98.8 Å². The van der Waals surface area contributed by atoms with Gasteiger partial charge < -0.3 is 9.84 Å². The number of esters is 1. The van der Waals surface area contributed by atoms with Gasteiger partial charge in [-0.3, -0.25) is 4.79 Å². The number of carbonyl (C=O) groups excluding carboxylic acids is 1. The first-order valence-corrected chi connectivity index (χ1v) is 8.85. The van der Waals surface area contributed by atoms with E-state index in [0.29, 0.717) is 6.42 Å². The molecule has 0 aliphatic carbocycles. The molecule has 3 nitrogen and oxygen atoms in total. The smallest absolute Gasteiger partial charge is 0.306 e. The zero-order valence-corrected chi connectivity index (χ0v) is 15.0. The zero-order valence-electron chi connectivity index (χ0n) is 15.0. The molecule has 0 radical (unpaired) electrons. The van der Waals surface area contributed by atoms with Crippen molar-refractivity contribution in [3.8, 4) is 0 Å². The molecule has 0 aromatic rings. The summed E-state index contributed by atoms with van der Waals surface area (Å²) >= 11 is 0. The Morgan fingerprint density at radius 3 is 1.90 bits per heavy atom. The first kappa shape index (κ1) is 22.7. The van der Waals surface area contributed by atoms with Crippen LogP contribution in [0.15, 0.2) is 0 Å². The predicted octanol–water partition coefficient (Wildman–Crippen LogP) is 5.25. The summed E-state index contributed by atoms with van der Waals surface area (Å²) in [6.45, 7) is 10.1. The van der Waals surface area contributed by atoms with E-state index in [2.05, 4.69) is 20.8 Å². The maximum absolute atomic E-state index is 11.3. The third-order valence-electron chi connectivity index (χ3n) is 3.22. The summed E-state index contributed by atoms with van der Waals surface area (Å²) in [4.78, 5) is 11.3. The van der Waals surface area contributed by atoms with Gasteiger partial charge in [0.1, 0.15) is 0 Å². The van der Waals surface area contributed by atoms with Crippen molar-refractivity contribution in [1.82, 2.24) is 0 Å². The molecule has 0 bridgehead atoms. The molecule has 0 fully saturated rings. The fourth-order valence-electron chi connectivity index (χ4n) is 2.04. The second-order valence-electron chi connectivity index (χ2n) is 5.89. The predicted molar refractivity (Wildman–Crippen MR) is 90.4 cm³/mol. The Bertz CT molecular complexity index is 215. The van der Waals surface area contributed by atoms with Gasteiger partial charge in [-0.25, -0.2) is 0 Å². The van der Waals surface area contributed by atoms with Gasteiger partial charge in [0, 0.05) is 6.42 Å². The van der Waals surface area contributed by atoms with Gasteiger partial charge in [0.2, 0.25) is 0 Å². The van der Waals surface area contributed by atoms with Crippen molar-refractivity contribution in [2.24, 2.45) is 0 Å². The van der Waals surface area contributed by atoms with E-state index in [0.717, 1.165) is 38.5 Å². The standard InChI is InChI=1S/C13H26O2.C5H12O/c1-4-6-7-8-9-11-13(14)15-12(3)10-5-2;1-3-4-5(2)6/h12H,4-11H2,1-3H3;5-6H,3-4H2,1-2H3/t12-;5-/m11/s1. The largest absolute Gasteiger partial charge is 0.463 e. The van der Waals surface area contributed by atoms with Crippen molar-refractivity contribution < 1.29 is 14.6 Å². The Morgan fingerprint density at radius 2 is 1.48 bits per heavy atom. The Kier molecular flexibility index (Phi) is 18.9. The third kappa shape index (κ3) is 21.9. The Morgan fingerprint density at radius 1 is 0.905 bits per heavy atom. The van der Waals surface area contributed by atoms with Crippen LogP contribution in [0.3, 0.4) is 0 Å². The summed E-state index contributed by atoms with van der Waals surface area (Å²) in [5, 5.41) is 8.55. The van der Waals surface area contributed by atoms with Gasteiger partial charge >= 0.3 is 5.97 Å². The molecule has 0 aliphatic rings. The van der Waals surface area contributed by atoms with Gasteiger partial charge in [-0.1, -0.05) is 59.3 Å². The number of aliphatic hydroxyl groups is 1. The maximum Gasteiger partial charge on any atom is 0.306 e. The summed E-state index contributed by atoms with van der Waals surface area (Å²) in [6.07, 6.45) is 10.6. The molecule has 0 aliphatic heterocycles. The fourth-order valence-corrected chi connectivity index (χ4v) is 2.04. The number of hydrogen-bond donors (Lipinski definition) is 1. The maximum atomic E-state index is 11.3. The lowest BCUT2D eigenvalue weighted by molar-refractivity contribution is -0.148. The molecular weight excluding hydrogens is 264 g/mol. The van der Waals surface area contributed by atoms with Crippen molar-refractivity contribution in [3.05, 3.63) is 0 Å². The average molecular weight is 302 g/mol. The van der Waals surface area contributed by atoms with Crippen molar-refractivity contribution in [3.63, 3.8) is 0 Å². The van der Waals surface area contributed by atoms with Crippen LogP contribution in [0.5, 0.6) is 0 Å². The van der Waals surface area contributed by atoms with E-state index >= 15 is 0 Å². The number of ether oxygens (including phenoxy) is 1. The van der Waals surface area contributed by atoms with E-state index in [1.807, 2.05) is 13.8 Å². The van der Waals surface area contributed by atoms with Gasteiger partial charge in [-0.15, -0.1) is 0 Å². The lowest BCUT2D eigenvalue weighted by Crippen LogP contribution is -2.14. The topological polar surface area (TPSA) is 46.5 Å². The van der Waals surface area contributed by atoms with Gasteiger partial charge in [0.25, 0.3) is 0 Å². The van der Waals surface area contributed by atoms with Gasteiger partial charge in [-0.05, 0) is 33.1 Å². The second-order valence-corrected chi connectivity index (χ2v) is 5.89. The lowest BCUT2D eigenvalue weighted by Gasteiger charge is -2.11. The van der Waals surface area contributed by atoms with Crippen molar-refractivity contribution in [2.45, 2.75) is 111 Å². The molecule has 0 spiro atoms.